The summed E-state index contributed by atoms with van der Waals surface area (Å²) in [6, 6.07) is 14.8. The van der Waals surface area contributed by atoms with Gasteiger partial charge in [-0.05, 0) is 24.3 Å². The van der Waals surface area contributed by atoms with Crippen LogP contribution in [0.2, 0.25) is 0 Å². The van der Waals surface area contributed by atoms with Gasteiger partial charge in [0.2, 0.25) is 6.29 Å². The zero-order valence-electron chi connectivity index (χ0n) is 20.9. The fourth-order valence-corrected chi connectivity index (χ4v) is 4.71. The van der Waals surface area contributed by atoms with Gasteiger partial charge in [-0.3, -0.25) is 0 Å². The molecule has 3 aromatic carbocycles. The van der Waals surface area contributed by atoms with Crippen molar-refractivity contribution in [2.24, 2.45) is 0 Å². The smallest absolute Gasteiger partial charge is 0.338 e. The minimum atomic E-state index is -1.71. The molecule has 7 atom stereocenters. The average Bonchev–Trinajstić information content (AvgIpc) is 2.95. The maximum Gasteiger partial charge on any atom is 0.338 e. The van der Waals surface area contributed by atoms with Gasteiger partial charge in [-0.2, -0.15) is 0 Å². The van der Waals surface area contributed by atoms with E-state index in [-0.39, 0.29) is 35.0 Å². The van der Waals surface area contributed by atoms with Crippen molar-refractivity contribution >= 4 is 5.97 Å². The Morgan fingerprint density at radius 1 is 0.900 bits per heavy atom. The lowest BCUT2D eigenvalue weighted by atomic mass is 9.93. The van der Waals surface area contributed by atoms with Crippen molar-refractivity contribution in [3.05, 3.63) is 77.4 Å². The van der Waals surface area contributed by atoms with E-state index >= 15 is 0 Å². The second-order valence-corrected chi connectivity index (χ2v) is 9.54. The number of benzene rings is 3. The van der Waals surface area contributed by atoms with Crippen molar-refractivity contribution < 1.29 is 59.5 Å². The number of aliphatic hydroxyl groups excluding tert-OH is 4. The van der Waals surface area contributed by atoms with Crippen LogP contribution >= 0.6 is 0 Å². The third kappa shape index (κ3) is 5.35. The third-order valence-corrected chi connectivity index (χ3v) is 6.84. The molecule has 0 saturated carbocycles. The largest absolute Gasteiger partial charge is 0.508 e. The molecule has 2 aliphatic rings. The number of aliphatic hydroxyl groups is 4. The van der Waals surface area contributed by atoms with E-state index in [9.17, 15) is 40.5 Å². The van der Waals surface area contributed by atoms with E-state index in [1.54, 1.807) is 30.3 Å². The molecule has 0 amide bonds. The van der Waals surface area contributed by atoms with E-state index in [4.69, 9.17) is 18.9 Å². The van der Waals surface area contributed by atoms with Gasteiger partial charge < -0.3 is 54.7 Å². The number of fused-ring (bicyclic) bond motifs is 1. The van der Waals surface area contributed by atoms with E-state index in [1.807, 2.05) is 0 Å². The second-order valence-electron chi connectivity index (χ2n) is 9.54. The molecule has 3 aromatic rings. The molecule has 0 aromatic heterocycles. The lowest BCUT2D eigenvalue weighted by Crippen LogP contribution is -2.60. The molecule has 1 saturated heterocycles. The monoisotopic (exact) mass is 556 g/mol. The fourth-order valence-electron chi connectivity index (χ4n) is 4.71. The Labute approximate surface area is 227 Å². The minimum absolute atomic E-state index is 0.0206. The zero-order valence-corrected chi connectivity index (χ0v) is 20.9. The Hall–Kier alpha value is -4.07. The number of hydrogen-bond donors (Lipinski definition) is 7. The highest BCUT2D eigenvalue weighted by molar-refractivity contribution is 5.89. The van der Waals surface area contributed by atoms with Crippen molar-refractivity contribution in [3.8, 4) is 28.7 Å². The number of phenols is 3. The molecule has 0 unspecified atom stereocenters. The molecule has 0 radical (unpaired) electrons. The van der Waals surface area contributed by atoms with Crippen LogP contribution in [0.5, 0.6) is 28.7 Å². The molecule has 7 N–H and O–H groups in total. The summed E-state index contributed by atoms with van der Waals surface area (Å²) < 4.78 is 23.2. The summed E-state index contributed by atoms with van der Waals surface area (Å²) in [5.74, 6) is -1.62. The molecular weight excluding hydrogens is 528 g/mol. The Morgan fingerprint density at radius 2 is 1.65 bits per heavy atom. The van der Waals surface area contributed by atoms with Crippen LogP contribution in [-0.4, -0.2) is 85.1 Å². The standard InChI is InChI=1S/C28H28O12/c29-12-22-23(33)24(34)25(35)28(40-22)39-20-10-15(30)9-19-16(20)11-21(38-27(36)13-4-2-1-3-5-13)26(37-19)14-6-7-17(31)18(32)8-14/h1-10,21-26,28-35H,11-12H2/t21-,22-,23-,24-,25-,26+,28+/m0/s1. The lowest BCUT2D eigenvalue weighted by Gasteiger charge is -2.40. The number of ether oxygens (including phenoxy) is 4. The quantitative estimate of drug-likeness (QED) is 0.168. The van der Waals surface area contributed by atoms with E-state index in [2.05, 4.69) is 0 Å². The van der Waals surface area contributed by atoms with Gasteiger partial charge in [-0.25, -0.2) is 4.79 Å². The summed E-state index contributed by atoms with van der Waals surface area (Å²) in [5.41, 5.74) is 0.968. The van der Waals surface area contributed by atoms with Gasteiger partial charge in [-0.15, -0.1) is 0 Å². The number of hydrogen-bond acceptors (Lipinski definition) is 12. The van der Waals surface area contributed by atoms with E-state index in [0.717, 1.165) is 0 Å². The zero-order chi connectivity index (χ0) is 28.6. The number of carbonyl (C=O) groups excluding carboxylic acids is 1. The van der Waals surface area contributed by atoms with Crippen LogP contribution in [0.25, 0.3) is 0 Å². The number of aromatic hydroxyl groups is 3. The number of phenolic OH excluding ortho intramolecular Hbond substituents is 3. The number of esters is 1. The van der Waals surface area contributed by atoms with Gasteiger partial charge in [0, 0.05) is 29.7 Å². The predicted octanol–water partition coefficient (Wildman–Crippen LogP) is 0.884. The molecule has 12 nitrogen and oxygen atoms in total. The molecule has 2 heterocycles. The molecule has 0 spiro atoms. The Morgan fingerprint density at radius 3 is 2.35 bits per heavy atom. The highest BCUT2D eigenvalue weighted by atomic mass is 16.7. The van der Waals surface area contributed by atoms with Gasteiger partial charge in [0.1, 0.15) is 47.8 Å². The number of rotatable bonds is 6. The first-order valence-electron chi connectivity index (χ1n) is 12.4. The molecule has 0 bridgehead atoms. The normalized spacial score (nSPS) is 27.8. The van der Waals surface area contributed by atoms with Gasteiger partial charge in [0.15, 0.2) is 17.6 Å². The summed E-state index contributed by atoms with van der Waals surface area (Å²) in [6.45, 7) is -0.662. The summed E-state index contributed by atoms with van der Waals surface area (Å²) in [7, 11) is 0. The Bertz CT molecular complexity index is 1360. The first-order valence-corrected chi connectivity index (χ1v) is 12.4. The average molecular weight is 557 g/mol. The summed E-state index contributed by atoms with van der Waals surface area (Å²) >= 11 is 0. The molecule has 2 aliphatic heterocycles. The summed E-state index contributed by atoms with van der Waals surface area (Å²) in [6.07, 6.45) is -9.75. The van der Waals surface area contributed by atoms with Crippen molar-refractivity contribution in [1.82, 2.24) is 0 Å². The van der Waals surface area contributed by atoms with E-state index in [1.165, 1.54) is 30.3 Å². The first-order chi connectivity index (χ1) is 19.2. The lowest BCUT2D eigenvalue weighted by molar-refractivity contribution is -0.277. The molecule has 212 valence electrons. The molecule has 1 fully saturated rings. The van der Waals surface area contributed by atoms with Crippen molar-refractivity contribution in [2.75, 3.05) is 6.61 Å². The second kappa shape index (κ2) is 11.2. The van der Waals surface area contributed by atoms with Crippen molar-refractivity contribution in [3.63, 3.8) is 0 Å². The van der Waals surface area contributed by atoms with Gasteiger partial charge in [-0.1, -0.05) is 24.3 Å². The van der Waals surface area contributed by atoms with Crippen LogP contribution < -0.4 is 9.47 Å². The molecule has 0 aliphatic carbocycles. The Kier molecular flexibility index (Phi) is 7.70. The van der Waals surface area contributed by atoms with Crippen molar-refractivity contribution in [1.29, 1.82) is 0 Å². The maximum atomic E-state index is 13.0. The SMILES string of the molecule is O=C(O[C@H]1Cc2c(O[C@@H]3O[C@@H](CO)[C@H](O)[C@H](O)[C@@H]3O)cc(O)cc2O[C@@H]1c1ccc(O)c(O)c1)c1ccccc1. The fraction of sp³-hybridized carbons (Fsp3) is 0.321. The van der Waals surface area contributed by atoms with Crippen LogP contribution in [0.15, 0.2) is 60.7 Å². The van der Waals surface area contributed by atoms with Crippen LogP contribution in [0, 0.1) is 0 Å². The molecular formula is C28H28O12. The molecule has 12 heteroatoms. The van der Waals surface area contributed by atoms with E-state index in [0.29, 0.717) is 11.1 Å². The maximum absolute atomic E-state index is 13.0. The molecule has 40 heavy (non-hydrogen) atoms. The van der Waals surface area contributed by atoms with E-state index < -0.39 is 61.2 Å². The highest BCUT2D eigenvalue weighted by Gasteiger charge is 2.45. The van der Waals surface area contributed by atoms with Crippen molar-refractivity contribution in [2.45, 2.75) is 49.3 Å². The molecule has 5 rings (SSSR count). The first kappa shape index (κ1) is 27.5. The topological polar surface area (TPSA) is 196 Å². The van der Waals surface area contributed by atoms with Crippen LogP contribution in [-0.2, 0) is 15.9 Å². The summed E-state index contributed by atoms with van der Waals surface area (Å²) in [4.78, 5) is 13.0. The predicted molar refractivity (Wildman–Crippen MR) is 135 cm³/mol. The summed E-state index contributed by atoms with van der Waals surface area (Å²) in [5, 5.41) is 70.4. The third-order valence-electron chi connectivity index (χ3n) is 6.84. The number of carbonyl (C=O) groups is 1. The van der Waals surface area contributed by atoms with Crippen LogP contribution in [0.3, 0.4) is 0 Å². The van der Waals surface area contributed by atoms with Crippen LogP contribution in [0.1, 0.15) is 27.6 Å². The van der Waals surface area contributed by atoms with Crippen LogP contribution in [0.4, 0.5) is 0 Å². The van der Waals surface area contributed by atoms with Gasteiger partial charge >= 0.3 is 5.97 Å². The van der Waals surface area contributed by atoms with Gasteiger partial charge in [0.25, 0.3) is 0 Å². The highest BCUT2D eigenvalue weighted by Crippen LogP contribution is 2.45. The van der Waals surface area contributed by atoms with Gasteiger partial charge in [0.05, 0.1) is 12.2 Å². The minimum Gasteiger partial charge on any atom is -0.508 e. The Balaban J connectivity index is 1.50.